The van der Waals surface area contributed by atoms with Crippen molar-refractivity contribution in [3.8, 4) is 12.3 Å². The number of rotatable bonds is 1. The van der Waals surface area contributed by atoms with Crippen molar-refractivity contribution in [3.63, 3.8) is 0 Å². The third-order valence-electron chi connectivity index (χ3n) is 2.01. The van der Waals surface area contributed by atoms with Crippen LogP contribution in [0.2, 0.25) is 0 Å². The minimum atomic E-state index is 0.281. The molecule has 1 heterocycles. The van der Waals surface area contributed by atoms with Crippen molar-refractivity contribution in [2.24, 2.45) is 11.8 Å². The second-order valence-electron chi connectivity index (χ2n) is 2.97. The fourth-order valence-corrected chi connectivity index (χ4v) is 1.63. The first-order valence-electron chi connectivity index (χ1n) is 3.97. The van der Waals surface area contributed by atoms with Crippen molar-refractivity contribution in [2.75, 3.05) is 6.54 Å². The summed E-state index contributed by atoms with van der Waals surface area (Å²) >= 11 is 5.99. The molecule has 12 heavy (non-hydrogen) atoms. The smallest absolute Gasteiger partial charge is 0.0336 e. The molecule has 0 aromatic heterocycles. The second kappa shape index (κ2) is 4.23. The van der Waals surface area contributed by atoms with Gasteiger partial charge in [0.2, 0.25) is 0 Å². The Morgan fingerprint density at radius 2 is 2.58 bits per heavy atom. The van der Waals surface area contributed by atoms with Gasteiger partial charge < -0.3 is 5.32 Å². The van der Waals surface area contributed by atoms with E-state index in [1.54, 1.807) is 6.08 Å². The van der Waals surface area contributed by atoms with Crippen LogP contribution in [0.15, 0.2) is 23.4 Å². The molecule has 1 aliphatic heterocycles. The van der Waals surface area contributed by atoms with Gasteiger partial charge in [0.1, 0.15) is 0 Å². The van der Waals surface area contributed by atoms with Crippen molar-refractivity contribution in [1.29, 1.82) is 0 Å². The topological polar surface area (TPSA) is 12.0 Å². The van der Waals surface area contributed by atoms with Crippen molar-refractivity contribution >= 4 is 11.6 Å². The summed E-state index contributed by atoms with van der Waals surface area (Å²) in [4.78, 5) is 0. The molecular formula is C10H12ClN. The summed E-state index contributed by atoms with van der Waals surface area (Å²) in [5.74, 6) is 3.23. The zero-order valence-corrected chi connectivity index (χ0v) is 7.81. The van der Waals surface area contributed by atoms with Gasteiger partial charge in [0.25, 0.3) is 0 Å². The highest BCUT2D eigenvalue weighted by molar-refractivity contribution is 6.30. The van der Waals surface area contributed by atoms with E-state index < -0.39 is 0 Å². The van der Waals surface area contributed by atoms with E-state index in [0.29, 0.717) is 5.92 Å². The van der Waals surface area contributed by atoms with Crippen LogP contribution < -0.4 is 5.32 Å². The number of terminal acetylenes is 1. The van der Waals surface area contributed by atoms with Gasteiger partial charge in [0.05, 0.1) is 0 Å². The average molecular weight is 182 g/mol. The highest BCUT2D eigenvalue weighted by atomic mass is 35.5. The van der Waals surface area contributed by atoms with Crippen molar-refractivity contribution in [1.82, 2.24) is 5.32 Å². The lowest BCUT2D eigenvalue weighted by Gasteiger charge is -2.24. The van der Waals surface area contributed by atoms with Gasteiger partial charge in [-0.25, -0.2) is 0 Å². The van der Waals surface area contributed by atoms with Gasteiger partial charge in [-0.3, -0.25) is 0 Å². The van der Waals surface area contributed by atoms with E-state index >= 15 is 0 Å². The maximum atomic E-state index is 5.99. The zero-order valence-electron chi connectivity index (χ0n) is 7.05. The molecule has 0 radical (unpaired) electrons. The zero-order chi connectivity index (χ0) is 8.97. The number of nitrogens with one attached hydrogen (secondary N) is 1. The molecule has 0 spiro atoms. The maximum Gasteiger partial charge on any atom is 0.0336 e. The normalized spacial score (nSPS) is 29.2. The third kappa shape index (κ3) is 2.06. The molecule has 2 heteroatoms. The Morgan fingerprint density at radius 3 is 3.17 bits per heavy atom. The first kappa shape index (κ1) is 9.22. The number of allylic oxidation sites excluding steroid dienone is 3. The van der Waals surface area contributed by atoms with E-state index in [4.69, 9.17) is 18.0 Å². The van der Waals surface area contributed by atoms with E-state index in [2.05, 4.69) is 18.2 Å². The summed E-state index contributed by atoms with van der Waals surface area (Å²) in [5, 5.41) is 3.90. The van der Waals surface area contributed by atoms with Gasteiger partial charge in [0.15, 0.2) is 0 Å². The van der Waals surface area contributed by atoms with Crippen LogP contribution >= 0.6 is 11.6 Å². The fraction of sp³-hybridized carbons (Fsp3) is 0.400. The van der Waals surface area contributed by atoms with Crippen molar-refractivity contribution in [3.05, 3.63) is 23.4 Å². The van der Waals surface area contributed by atoms with Crippen LogP contribution in [-0.2, 0) is 0 Å². The van der Waals surface area contributed by atoms with Gasteiger partial charge in [-0.05, 0) is 12.1 Å². The van der Waals surface area contributed by atoms with Crippen LogP contribution in [0.5, 0.6) is 0 Å². The SMILES string of the molecule is C#C/C=C(/Cl)C1C=CNCC1C. The average Bonchev–Trinajstić information content (AvgIpc) is 2.05. The maximum absolute atomic E-state index is 5.99. The summed E-state index contributed by atoms with van der Waals surface area (Å²) in [6.07, 6.45) is 10.7. The lowest BCUT2D eigenvalue weighted by atomic mass is 9.91. The molecule has 1 aliphatic rings. The van der Waals surface area contributed by atoms with Crippen molar-refractivity contribution in [2.45, 2.75) is 6.92 Å². The van der Waals surface area contributed by atoms with E-state index in [-0.39, 0.29) is 5.92 Å². The van der Waals surface area contributed by atoms with Crippen LogP contribution in [-0.4, -0.2) is 6.54 Å². The first-order chi connectivity index (χ1) is 5.75. The molecule has 0 fully saturated rings. The molecule has 2 unspecified atom stereocenters. The second-order valence-corrected chi connectivity index (χ2v) is 3.40. The molecule has 0 bridgehead atoms. The molecular weight excluding hydrogens is 170 g/mol. The van der Waals surface area contributed by atoms with E-state index in [9.17, 15) is 0 Å². The largest absolute Gasteiger partial charge is 0.391 e. The predicted molar refractivity (Wildman–Crippen MR) is 52.6 cm³/mol. The molecule has 1 rings (SSSR count). The number of hydrogen-bond donors (Lipinski definition) is 1. The standard InChI is InChI=1S/C10H12ClN/c1-3-4-10(11)9-5-6-12-7-8(9)2/h1,4-6,8-9,12H,7H2,2H3/b10-4+. The Bertz CT molecular complexity index is 247. The third-order valence-corrected chi connectivity index (χ3v) is 2.38. The molecule has 1 nitrogen and oxygen atoms in total. The molecule has 1 N–H and O–H groups in total. The van der Waals surface area contributed by atoms with Gasteiger partial charge in [-0.2, -0.15) is 0 Å². The Kier molecular flexibility index (Phi) is 3.25. The number of halogens is 1. The Balaban J connectivity index is 2.73. The minimum absolute atomic E-state index is 0.281. The highest BCUT2D eigenvalue weighted by Crippen LogP contribution is 2.26. The molecule has 2 atom stereocenters. The van der Waals surface area contributed by atoms with Gasteiger partial charge in [-0.1, -0.05) is 30.5 Å². The molecule has 0 amide bonds. The molecule has 0 aliphatic carbocycles. The van der Waals surface area contributed by atoms with E-state index in [1.165, 1.54) is 0 Å². The molecule has 0 saturated heterocycles. The molecule has 64 valence electrons. The van der Waals surface area contributed by atoms with Gasteiger partial charge in [0, 0.05) is 23.6 Å². The van der Waals surface area contributed by atoms with Crippen LogP contribution in [0.1, 0.15) is 6.92 Å². The summed E-state index contributed by atoms with van der Waals surface area (Å²) < 4.78 is 0. The van der Waals surface area contributed by atoms with Crippen LogP contribution in [0.4, 0.5) is 0 Å². The van der Waals surface area contributed by atoms with E-state index in [1.807, 2.05) is 12.3 Å². The molecule has 0 aromatic carbocycles. The van der Waals surface area contributed by atoms with Crippen LogP contribution in [0.3, 0.4) is 0 Å². The Hall–Kier alpha value is -0.870. The monoisotopic (exact) mass is 181 g/mol. The Labute approximate surface area is 78.5 Å². The minimum Gasteiger partial charge on any atom is -0.391 e. The summed E-state index contributed by atoms with van der Waals surface area (Å²) in [6.45, 7) is 3.10. The molecule has 0 aromatic rings. The lowest BCUT2D eigenvalue weighted by Crippen LogP contribution is -2.26. The van der Waals surface area contributed by atoms with Crippen LogP contribution in [0.25, 0.3) is 0 Å². The summed E-state index contributed by atoms with van der Waals surface area (Å²) in [7, 11) is 0. The Morgan fingerprint density at radius 1 is 1.83 bits per heavy atom. The lowest BCUT2D eigenvalue weighted by molar-refractivity contribution is 0.454. The fourth-order valence-electron chi connectivity index (χ4n) is 1.28. The quantitative estimate of drug-likeness (QED) is 0.611. The first-order valence-corrected chi connectivity index (χ1v) is 4.35. The summed E-state index contributed by atoms with van der Waals surface area (Å²) in [5.41, 5.74) is 0. The van der Waals surface area contributed by atoms with Crippen LogP contribution in [0, 0.1) is 24.2 Å². The predicted octanol–water partition coefficient (Wildman–Crippen LogP) is 2.11. The van der Waals surface area contributed by atoms with Gasteiger partial charge in [-0.15, -0.1) is 6.42 Å². The van der Waals surface area contributed by atoms with E-state index in [0.717, 1.165) is 11.6 Å². The highest BCUT2D eigenvalue weighted by Gasteiger charge is 2.19. The number of hydrogen-bond acceptors (Lipinski definition) is 1. The summed E-state index contributed by atoms with van der Waals surface area (Å²) in [6, 6.07) is 0. The van der Waals surface area contributed by atoms with Gasteiger partial charge >= 0.3 is 0 Å². The molecule has 0 saturated carbocycles. The van der Waals surface area contributed by atoms with Crippen molar-refractivity contribution < 1.29 is 0 Å².